The van der Waals surface area contributed by atoms with Gasteiger partial charge >= 0.3 is 5.97 Å². The number of allylic oxidation sites excluding steroid dienone is 2. The van der Waals surface area contributed by atoms with E-state index in [1.54, 1.807) is 0 Å². The molecular formula is C12H11NO5S. The molecule has 1 heterocycles. The van der Waals surface area contributed by atoms with Crippen molar-refractivity contribution >= 4 is 29.3 Å². The van der Waals surface area contributed by atoms with Crippen molar-refractivity contribution in [2.24, 2.45) is 0 Å². The van der Waals surface area contributed by atoms with Crippen molar-refractivity contribution in [3.63, 3.8) is 0 Å². The lowest BCUT2D eigenvalue weighted by atomic mass is 10.0. The first-order chi connectivity index (χ1) is 9.09. The van der Waals surface area contributed by atoms with Gasteiger partial charge < -0.3 is 9.63 Å². The molecule has 19 heavy (non-hydrogen) atoms. The molecule has 0 saturated carbocycles. The van der Waals surface area contributed by atoms with Gasteiger partial charge in [-0.1, -0.05) is 5.16 Å². The molecule has 1 aromatic rings. The first kappa shape index (κ1) is 13.5. The third kappa shape index (κ3) is 3.11. The molecule has 1 N–H and O–H groups in total. The van der Waals surface area contributed by atoms with E-state index in [0.29, 0.717) is 23.5 Å². The summed E-state index contributed by atoms with van der Waals surface area (Å²) in [5.41, 5.74) is 0.195. The zero-order valence-corrected chi connectivity index (χ0v) is 10.7. The second-order valence-corrected chi connectivity index (χ2v) is 5.11. The number of thioether (sulfide) groups is 1. The molecule has 0 amide bonds. The van der Waals surface area contributed by atoms with Gasteiger partial charge in [0.25, 0.3) is 0 Å². The van der Waals surface area contributed by atoms with E-state index in [1.165, 1.54) is 24.0 Å². The maximum atomic E-state index is 12.0. The Hall–Kier alpha value is -1.89. The van der Waals surface area contributed by atoms with Crippen LogP contribution in [0.3, 0.4) is 0 Å². The minimum Gasteiger partial charge on any atom is -0.481 e. The Bertz CT molecular complexity index is 560. The lowest BCUT2D eigenvalue weighted by Crippen LogP contribution is -2.13. The van der Waals surface area contributed by atoms with Crippen LogP contribution in [0.25, 0.3) is 0 Å². The first-order valence-corrected chi connectivity index (χ1v) is 6.68. The van der Waals surface area contributed by atoms with Crippen LogP contribution in [-0.2, 0) is 4.79 Å². The number of carboxylic acid groups (broad SMARTS) is 1. The Morgan fingerprint density at radius 3 is 2.89 bits per heavy atom. The van der Waals surface area contributed by atoms with E-state index >= 15 is 0 Å². The highest BCUT2D eigenvalue weighted by Crippen LogP contribution is 2.28. The number of fused-ring (bicyclic) bond motifs is 1. The summed E-state index contributed by atoms with van der Waals surface area (Å²) in [7, 11) is 0. The highest BCUT2D eigenvalue weighted by molar-refractivity contribution is 8.04. The SMILES string of the molecule is O=C(O)CCCCSC1=CC(=O)c2oncc2C1=O. The fourth-order valence-electron chi connectivity index (χ4n) is 1.63. The van der Waals surface area contributed by atoms with E-state index in [2.05, 4.69) is 5.16 Å². The number of unbranched alkanes of at least 4 members (excludes halogenated alkanes) is 1. The van der Waals surface area contributed by atoms with Crippen molar-refractivity contribution in [3.8, 4) is 0 Å². The van der Waals surface area contributed by atoms with Gasteiger partial charge in [0.15, 0.2) is 0 Å². The largest absolute Gasteiger partial charge is 0.481 e. The molecule has 0 fully saturated rings. The van der Waals surface area contributed by atoms with Crippen LogP contribution in [0.4, 0.5) is 0 Å². The number of Topliss-reactive ketones (excluding diaryl/α,β-unsaturated/α-hetero) is 1. The normalized spacial score (nSPS) is 14.2. The van der Waals surface area contributed by atoms with Gasteiger partial charge in [0, 0.05) is 12.5 Å². The average molecular weight is 281 g/mol. The van der Waals surface area contributed by atoms with E-state index in [1.807, 2.05) is 0 Å². The van der Waals surface area contributed by atoms with Crippen LogP contribution >= 0.6 is 11.8 Å². The van der Waals surface area contributed by atoms with Crippen LogP contribution in [0.5, 0.6) is 0 Å². The zero-order valence-electron chi connectivity index (χ0n) is 9.92. The van der Waals surface area contributed by atoms with Crippen molar-refractivity contribution in [1.82, 2.24) is 5.16 Å². The molecule has 0 aliphatic heterocycles. The molecule has 6 nitrogen and oxygen atoms in total. The molecule has 0 unspecified atom stereocenters. The summed E-state index contributed by atoms with van der Waals surface area (Å²) in [6, 6.07) is 0. The van der Waals surface area contributed by atoms with E-state index in [-0.39, 0.29) is 29.3 Å². The van der Waals surface area contributed by atoms with Crippen molar-refractivity contribution < 1.29 is 24.0 Å². The number of hydrogen-bond donors (Lipinski definition) is 1. The van der Waals surface area contributed by atoms with E-state index in [4.69, 9.17) is 9.63 Å². The molecule has 0 saturated heterocycles. The van der Waals surface area contributed by atoms with Crippen LogP contribution < -0.4 is 0 Å². The van der Waals surface area contributed by atoms with Crippen molar-refractivity contribution in [2.45, 2.75) is 19.3 Å². The molecule has 1 aromatic heterocycles. The van der Waals surface area contributed by atoms with Gasteiger partial charge in [0.1, 0.15) is 0 Å². The lowest BCUT2D eigenvalue weighted by molar-refractivity contribution is -0.137. The quantitative estimate of drug-likeness (QED) is 0.795. The standard InChI is InChI=1S/C12H11NO5S/c14-8-5-9(19-4-2-1-3-10(15)16)11(17)7-6-13-18-12(7)8/h5-6H,1-4H2,(H,15,16). The van der Waals surface area contributed by atoms with Crippen LogP contribution in [0.2, 0.25) is 0 Å². The predicted octanol–water partition coefficient (Wildman–Crippen LogP) is 1.93. The summed E-state index contributed by atoms with van der Waals surface area (Å²) in [4.78, 5) is 34.3. The van der Waals surface area contributed by atoms with E-state index < -0.39 is 5.97 Å². The zero-order chi connectivity index (χ0) is 13.8. The molecule has 0 spiro atoms. The highest BCUT2D eigenvalue weighted by atomic mass is 32.2. The number of nitrogens with zero attached hydrogens (tertiary/aromatic N) is 1. The van der Waals surface area contributed by atoms with Gasteiger partial charge in [-0.15, -0.1) is 11.8 Å². The molecule has 1 aliphatic carbocycles. The molecular weight excluding hydrogens is 270 g/mol. The average Bonchev–Trinajstić information content (AvgIpc) is 2.84. The fourth-order valence-corrected chi connectivity index (χ4v) is 2.63. The summed E-state index contributed by atoms with van der Waals surface area (Å²) in [6.45, 7) is 0. The monoisotopic (exact) mass is 281 g/mol. The Labute approximate surface area is 112 Å². The Morgan fingerprint density at radius 1 is 1.37 bits per heavy atom. The minimum atomic E-state index is -0.831. The molecule has 2 rings (SSSR count). The highest BCUT2D eigenvalue weighted by Gasteiger charge is 2.29. The number of carbonyl (C=O) groups excluding carboxylic acids is 2. The summed E-state index contributed by atoms with van der Waals surface area (Å²) in [5.74, 6) is -0.875. The molecule has 0 atom stereocenters. The van der Waals surface area contributed by atoms with E-state index in [0.717, 1.165) is 0 Å². The van der Waals surface area contributed by atoms with Crippen LogP contribution in [0, 0.1) is 0 Å². The fraction of sp³-hybridized carbons (Fsp3) is 0.333. The van der Waals surface area contributed by atoms with Crippen LogP contribution in [0.1, 0.15) is 40.2 Å². The summed E-state index contributed by atoms with van der Waals surface area (Å²) < 4.78 is 4.72. The van der Waals surface area contributed by atoms with Gasteiger partial charge in [-0.3, -0.25) is 14.4 Å². The number of rotatable bonds is 6. The van der Waals surface area contributed by atoms with Crippen molar-refractivity contribution in [3.05, 3.63) is 28.5 Å². The van der Waals surface area contributed by atoms with Gasteiger partial charge in [-0.25, -0.2) is 0 Å². The van der Waals surface area contributed by atoms with Crippen LogP contribution in [-0.4, -0.2) is 33.6 Å². The number of carbonyl (C=O) groups is 3. The summed E-state index contributed by atoms with van der Waals surface area (Å²) in [5, 5.41) is 11.9. The Kier molecular flexibility index (Phi) is 4.16. The topological polar surface area (TPSA) is 97.5 Å². The Morgan fingerprint density at radius 2 is 2.16 bits per heavy atom. The molecule has 1 aliphatic rings. The lowest BCUT2D eigenvalue weighted by Gasteiger charge is -2.09. The smallest absolute Gasteiger partial charge is 0.303 e. The predicted molar refractivity (Wildman–Crippen MR) is 67.2 cm³/mol. The second-order valence-electron chi connectivity index (χ2n) is 3.97. The first-order valence-electron chi connectivity index (χ1n) is 5.69. The molecule has 0 aromatic carbocycles. The Balaban J connectivity index is 1.90. The number of hydrogen-bond acceptors (Lipinski definition) is 6. The van der Waals surface area contributed by atoms with Gasteiger partial charge in [0.05, 0.1) is 16.7 Å². The van der Waals surface area contributed by atoms with Crippen molar-refractivity contribution in [1.29, 1.82) is 0 Å². The molecule has 100 valence electrons. The number of ketones is 2. The van der Waals surface area contributed by atoms with E-state index in [9.17, 15) is 14.4 Å². The molecule has 7 heteroatoms. The third-order valence-corrected chi connectivity index (χ3v) is 3.67. The summed E-state index contributed by atoms with van der Waals surface area (Å²) in [6.07, 6.45) is 3.83. The second kappa shape index (κ2) is 5.83. The molecule has 0 bridgehead atoms. The van der Waals surface area contributed by atoms with Gasteiger partial charge in [-0.2, -0.15) is 0 Å². The third-order valence-electron chi connectivity index (χ3n) is 2.57. The molecule has 0 radical (unpaired) electrons. The maximum Gasteiger partial charge on any atom is 0.303 e. The minimum absolute atomic E-state index is 0.0137. The summed E-state index contributed by atoms with van der Waals surface area (Å²) >= 11 is 1.26. The van der Waals surface area contributed by atoms with Crippen LogP contribution in [0.15, 0.2) is 21.7 Å². The number of carboxylic acids is 1. The number of aromatic nitrogens is 1. The van der Waals surface area contributed by atoms with Gasteiger partial charge in [0.2, 0.25) is 17.3 Å². The van der Waals surface area contributed by atoms with Gasteiger partial charge in [-0.05, 0) is 18.6 Å². The van der Waals surface area contributed by atoms with Crippen molar-refractivity contribution in [2.75, 3.05) is 5.75 Å². The number of aliphatic carboxylic acids is 1. The maximum absolute atomic E-state index is 12.0.